The molecule has 7 nitrogen and oxygen atoms in total. The average molecular weight is 251 g/mol. The number of aliphatic carboxylic acids is 1. The van der Waals surface area contributed by atoms with Crippen LogP contribution in [0, 0.1) is 6.92 Å². The number of aryl methyl sites for hydroxylation is 1. The number of pyridine rings is 1. The fourth-order valence-corrected chi connectivity index (χ4v) is 1.97. The van der Waals surface area contributed by atoms with Crippen LogP contribution in [0.3, 0.4) is 0 Å². The van der Waals surface area contributed by atoms with E-state index in [1.807, 2.05) is 25.1 Å². The van der Waals surface area contributed by atoms with Crippen molar-refractivity contribution in [3.05, 3.63) is 23.9 Å². The smallest absolute Gasteiger partial charge is 0.325 e. The highest BCUT2D eigenvalue weighted by atomic mass is 32.2. The highest BCUT2D eigenvalue weighted by Crippen LogP contribution is 2.23. The van der Waals surface area contributed by atoms with Crippen molar-refractivity contribution in [1.29, 1.82) is 0 Å². The molecule has 0 fully saturated rings. The lowest BCUT2D eigenvalue weighted by Gasteiger charge is -2.01. The zero-order valence-corrected chi connectivity index (χ0v) is 9.76. The zero-order valence-electron chi connectivity index (χ0n) is 8.94. The van der Waals surface area contributed by atoms with E-state index in [0.29, 0.717) is 5.16 Å². The molecule has 88 valence electrons. The van der Waals surface area contributed by atoms with E-state index in [9.17, 15) is 4.79 Å². The fourth-order valence-electron chi connectivity index (χ4n) is 1.17. The van der Waals surface area contributed by atoms with Crippen molar-refractivity contribution in [2.75, 3.05) is 0 Å². The summed E-state index contributed by atoms with van der Waals surface area (Å²) in [5.41, 5.74) is 0.882. The SMILES string of the molecule is Cc1cccc(Sc2nnnn2CC(=O)O)n1. The normalized spacial score (nSPS) is 10.4. The molecule has 17 heavy (non-hydrogen) atoms. The third-order valence-corrected chi connectivity index (χ3v) is 2.75. The third kappa shape index (κ3) is 3.00. The maximum Gasteiger partial charge on any atom is 0.325 e. The molecule has 2 heterocycles. The molecule has 0 aliphatic heterocycles. The van der Waals surface area contributed by atoms with Gasteiger partial charge in [0.15, 0.2) is 0 Å². The molecule has 0 aromatic carbocycles. The molecule has 0 saturated carbocycles. The molecule has 0 saturated heterocycles. The van der Waals surface area contributed by atoms with Crippen LogP contribution in [0.2, 0.25) is 0 Å². The van der Waals surface area contributed by atoms with Gasteiger partial charge in [-0.1, -0.05) is 6.07 Å². The van der Waals surface area contributed by atoms with Crippen LogP contribution in [-0.4, -0.2) is 36.3 Å². The number of carbonyl (C=O) groups is 1. The van der Waals surface area contributed by atoms with E-state index < -0.39 is 5.97 Å². The highest BCUT2D eigenvalue weighted by Gasteiger charge is 2.11. The van der Waals surface area contributed by atoms with Gasteiger partial charge in [-0.05, 0) is 41.2 Å². The van der Waals surface area contributed by atoms with Crippen LogP contribution >= 0.6 is 11.8 Å². The summed E-state index contributed by atoms with van der Waals surface area (Å²) in [4.78, 5) is 14.9. The maximum atomic E-state index is 10.6. The monoisotopic (exact) mass is 251 g/mol. The van der Waals surface area contributed by atoms with Crippen LogP contribution in [0.4, 0.5) is 0 Å². The maximum absolute atomic E-state index is 10.6. The molecular weight excluding hydrogens is 242 g/mol. The number of rotatable bonds is 4. The van der Waals surface area contributed by atoms with E-state index in [-0.39, 0.29) is 6.54 Å². The van der Waals surface area contributed by atoms with Crippen LogP contribution in [0.15, 0.2) is 28.4 Å². The predicted molar refractivity (Wildman–Crippen MR) is 58.5 cm³/mol. The van der Waals surface area contributed by atoms with E-state index >= 15 is 0 Å². The topological polar surface area (TPSA) is 93.8 Å². The molecule has 0 radical (unpaired) electrons. The van der Waals surface area contributed by atoms with Crippen molar-refractivity contribution in [1.82, 2.24) is 25.2 Å². The van der Waals surface area contributed by atoms with E-state index in [2.05, 4.69) is 20.5 Å². The van der Waals surface area contributed by atoms with Crippen molar-refractivity contribution in [3.8, 4) is 0 Å². The average Bonchev–Trinajstić information content (AvgIpc) is 2.65. The lowest BCUT2D eigenvalue weighted by atomic mass is 10.4. The molecule has 1 N–H and O–H groups in total. The van der Waals surface area contributed by atoms with Gasteiger partial charge >= 0.3 is 5.97 Å². The van der Waals surface area contributed by atoms with Crippen molar-refractivity contribution in [3.63, 3.8) is 0 Å². The summed E-state index contributed by atoms with van der Waals surface area (Å²) in [6.45, 7) is 1.62. The molecular formula is C9H9N5O2S. The first kappa shape index (κ1) is 11.5. The lowest BCUT2D eigenvalue weighted by molar-refractivity contribution is -0.138. The van der Waals surface area contributed by atoms with Crippen molar-refractivity contribution in [2.24, 2.45) is 0 Å². The number of nitrogens with zero attached hydrogens (tertiary/aromatic N) is 5. The molecule has 2 rings (SSSR count). The van der Waals surface area contributed by atoms with Gasteiger partial charge in [-0.25, -0.2) is 9.67 Å². The summed E-state index contributed by atoms with van der Waals surface area (Å²) < 4.78 is 1.22. The van der Waals surface area contributed by atoms with Gasteiger partial charge in [-0.3, -0.25) is 4.79 Å². The standard InChI is InChI=1S/C9H9N5O2S/c1-6-3-2-4-7(10-6)17-9-11-12-13-14(9)5-8(15)16/h2-4H,5H2,1H3,(H,15,16). The zero-order chi connectivity index (χ0) is 12.3. The van der Waals surface area contributed by atoms with Crippen LogP contribution < -0.4 is 0 Å². The molecule has 0 unspecified atom stereocenters. The number of hydrogen-bond donors (Lipinski definition) is 1. The van der Waals surface area contributed by atoms with Gasteiger partial charge in [-0.2, -0.15) is 0 Å². The second-order valence-corrected chi connectivity index (χ2v) is 4.22. The Labute approximate surface area is 101 Å². The van der Waals surface area contributed by atoms with E-state index in [1.165, 1.54) is 16.4 Å². The Morgan fingerprint density at radius 3 is 3.06 bits per heavy atom. The van der Waals surface area contributed by atoms with Crippen LogP contribution in [0.5, 0.6) is 0 Å². The number of aromatic nitrogens is 5. The summed E-state index contributed by atoms with van der Waals surface area (Å²) >= 11 is 1.23. The number of hydrogen-bond acceptors (Lipinski definition) is 6. The van der Waals surface area contributed by atoms with Crippen molar-refractivity contribution >= 4 is 17.7 Å². The lowest BCUT2D eigenvalue weighted by Crippen LogP contribution is -2.11. The molecule has 2 aromatic rings. The Bertz CT molecular complexity index is 542. The number of carboxylic acid groups (broad SMARTS) is 1. The van der Waals surface area contributed by atoms with Gasteiger partial charge in [-0.15, -0.1) is 5.10 Å². The Kier molecular flexibility index (Phi) is 3.33. The summed E-state index contributed by atoms with van der Waals surface area (Å²) in [5.74, 6) is -0.989. The minimum Gasteiger partial charge on any atom is -0.480 e. The van der Waals surface area contributed by atoms with Crippen molar-refractivity contribution in [2.45, 2.75) is 23.7 Å². The molecule has 2 aromatic heterocycles. The summed E-state index contributed by atoms with van der Waals surface area (Å²) in [5, 5.41) is 20.6. The number of carboxylic acids is 1. The summed E-state index contributed by atoms with van der Waals surface area (Å²) in [6, 6.07) is 5.57. The second-order valence-electron chi connectivity index (χ2n) is 3.23. The molecule has 0 amide bonds. The van der Waals surface area contributed by atoms with Crippen molar-refractivity contribution < 1.29 is 9.90 Å². The molecule has 0 spiro atoms. The van der Waals surface area contributed by atoms with Crippen LogP contribution in [0.25, 0.3) is 0 Å². The molecule has 0 bridgehead atoms. The predicted octanol–water partition coefficient (Wildman–Crippen LogP) is 0.612. The quantitative estimate of drug-likeness (QED) is 0.850. The van der Waals surface area contributed by atoms with E-state index in [0.717, 1.165) is 10.7 Å². The third-order valence-electron chi connectivity index (χ3n) is 1.84. The molecule has 0 aliphatic rings. The van der Waals surface area contributed by atoms with Crippen LogP contribution in [-0.2, 0) is 11.3 Å². The summed E-state index contributed by atoms with van der Waals surface area (Å²) in [7, 11) is 0. The Morgan fingerprint density at radius 2 is 2.35 bits per heavy atom. The fraction of sp³-hybridized carbons (Fsp3) is 0.222. The van der Waals surface area contributed by atoms with Gasteiger partial charge < -0.3 is 5.11 Å². The van der Waals surface area contributed by atoms with Gasteiger partial charge in [0.05, 0.1) is 0 Å². The van der Waals surface area contributed by atoms with Gasteiger partial charge in [0.1, 0.15) is 11.6 Å². The largest absolute Gasteiger partial charge is 0.480 e. The Balaban J connectivity index is 2.18. The van der Waals surface area contributed by atoms with Gasteiger partial charge in [0.25, 0.3) is 0 Å². The van der Waals surface area contributed by atoms with Crippen LogP contribution in [0.1, 0.15) is 5.69 Å². The Hall–Kier alpha value is -1.96. The summed E-state index contributed by atoms with van der Waals surface area (Å²) in [6.07, 6.45) is 0. The highest BCUT2D eigenvalue weighted by molar-refractivity contribution is 7.99. The first-order chi connectivity index (χ1) is 8.15. The Morgan fingerprint density at radius 1 is 1.53 bits per heavy atom. The first-order valence-electron chi connectivity index (χ1n) is 4.74. The minimum absolute atomic E-state index is 0.263. The molecule has 8 heteroatoms. The van der Waals surface area contributed by atoms with E-state index in [4.69, 9.17) is 5.11 Å². The number of tetrazole rings is 1. The molecule has 0 aliphatic carbocycles. The second kappa shape index (κ2) is 4.91. The minimum atomic E-state index is -0.989. The van der Waals surface area contributed by atoms with Gasteiger partial charge in [0.2, 0.25) is 5.16 Å². The van der Waals surface area contributed by atoms with E-state index in [1.54, 1.807) is 0 Å². The van der Waals surface area contributed by atoms with Gasteiger partial charge in [0, 0.05) is 5.69 Å². The molecule has 0 atom stereocenters. The first-order valence-corrected chi connectivity index (χ1v) is 5.56.